The first kappa shape index (κ1) is 20.0. The van der Waals surface area contributed by atoms with E-state index in [1.165, 1.54) is 28.3 Å². The summed E-state index contributed by atoms with van der Waals surface area (Å²) in [6.45, 7) is 4.90. The summed E-state index contributed by atoms with van der Waals surface area (Å²) in [7, 11) is 0. The van der Waals surface area contributed by atoms with Crippen molar-refractivity contribution in [1.82, 2.24) is 9.47 Å². The van der Waals surface area contributed by atoms with Crippen LogP contribution in [0.1, 0.15) is 11.1 Å². The Morgan fingerprint density at radius 2 is 1.85 bits per heavy atom. The lowest BCUT2D eigenvalue weighted by Crippen LogP contribution is -2.47. The van der Waals surface area contributed by atoms with Crippen molar-refractivity contribution in [3.05, 3.63) is 74.2 Å². The van der Waals surface area contributed by atoms with Gasteiger partial charge in [-0.3, -0.25) is 4.90 Å². The van der Waals surface area contributed by atoms with Crippen LogP contribution in [0.25, 0.3) is 16.6 Å². The zero-order valence-electron chi connectivity index (χ0n) is 17.9. The highest BCUT2D eigenvalue weighted by Crippen LogP contribution is 2.36. The lowest BCUT2D eigenvalue weighted by molar-refractivity contribution is 0.258. The van der Waals surface area contributed by atoms with Gasteiger partial charge in [-0.25, -0.2) is 14.0 Å². The lowest BCUT2D eigenvalue weighted by Gasteiger charge is -2.36. The third-order valence-corrected chi connectivity index (χ3v) is 6.56. The van der Waals surface area contributed by atoms with Gasteiger partial charge >= 0.3 is 11.3 Å². The van der Waals surface area contributed by atoms with Gasteiger partial charge in [-0.15, -0.1) is 4.57 Å². The summed E-state index contributed by atoms with van der Waals surface area (Å²) < 4.78 is 31.4. The molecule has 4 aromatic rings. The number of para-hydroxylation sites is 1. The van der Waals surface area contributed by atoms with Gasteiger partial charge in [0.05, 0.1) is 17.8 Å². The smallest absolute Gasteiger partial charge is 0.442 e. The van der Waals surface area contributed by atoms with Gasteiger partial charge in [0.1, 0.15) is 11.6 Å². The van der Waals surface area contributed by atoms with E-state index in [0.29, 0.717) is 29.4 Å². The van der Waals surface area contributed by atoms with Gasteiger partial charge in [0, 0.05) is 50.1 Å². The first-order valence-electron chi connectivity index (χ1n) is 11.1. The number of aromatic nitrogens is 1. The van der Waals surface area contributed by atoms with E-state index in [2.05, 4.69) is 28.0 Å². The minimum atomic E-state index is -1.09. The number of anilines is 1. The molecule has 33 heavy (non-hydrogen) atoms. The maximum atomic E-state index is 14.0. The van der Waals surface area contributed by atoms with E-state index in [-0.39, 0.29) is 5.71 Å². The largest absolute Gasteiger partial charge is 0.491 e. The van der Waals surface area contributed by atoms with Crippen molar-refractivity contribution in [3.8, 4) is 5.75 Å². The number of halogens is 1. The van der Waals surface area contributed by atoms with E-state index >= 15 is 0 Å². The van der Waals surface area contributed by atoms with Crippen LogP contribution in [0.3, 0.4) is 0 Å². The Balaban J connectivity index is 1.22. The van der Waals surface area contributed by atoms with E-state index in [4.69, 9.17) is 13.7 Å². The number of piperazine rings is 1. The normalized spacial score (nSPS) is 16.5. The number of rotatable bonds is 4. The highest BCUT2D eigenvalue weighted by molar-refractivity contribution is 5.89. The number of hydrogen-bond acceptors (Lipinski definition) is 7. The number of nitrogens with zero attached hydrogens (tertiary/aromatic N) is 3. The Hall–Kier alpha value is -3.59. The molecule has 4 heterocycles. The monoisotopic (exact) mass is 451 g/mol. The van der Waals surface area contributed by atoms with Gasteiger partial charge in [0.15, 0.2) is 0 Å². The topological polar surface area (TPSA) is 80.5 Å². The van der Waals surface area contributed by atoms with Crippen LogP contribution in [0.5, 0.6) is 5.75 Å². The predicted octanol–water partition coefficient (Wildman–Crippen LogP) is 2.44. The maximum Gasteiger partial charge on any atom is 0.442 e. The van der Waals surface area contributed by atoms with Crippen molar-refractivity contribution < 1.29 is 18.1 Å². The highest BCUT2D eigenvalue weighted by Gasteiger charge is 2.24. The SMILES string of the molecule is O=c1oc2c(CCN3CCN(c4cccc5c4OCC5)CC3)c3cc(F)ccc3n2oc1=O. The number of ether oxygens (including phenoxy) is 1. The molecule has 0 spiro atoms. The summed E-state index contributed by atoms with van der Waals surface area (Å²) >= 11 is 0. The van der Waals surface area contributed by atoms with Crippen LogP contribution in [0, 0.1) is 5.82 Å². The average molecular weight is 451 g/mol. The fraction of sp³-hybridized carbons (Fsp3) is 0.333. The van der Waals surface area contributed by atoms with E-state index < -0.39 is 17.1 Å². The number of fused-ring (bicyclic) bond motifs is 4. The molecule has 0 radical (unpaired) electrons. The molecule has 2 aromatic carbocycles. The molecule has 9 heteroatoms. The van der Waals surface area contributed by atoms with Gasteiger partial charge in [0.25, 0.3) is 0 Å². The Labute approximate surface area is 187 Å². The van der Waals surface area contributed by atoms with Gasteiger partial charge in [-0.05, 0) is 36.2 Å². The Bertz CT molecular complexity index is 1480. The molecule has 2 aliphatic rings. The van der Waals surface area contributed by atoms with Crippen molar-refractivity contribution in [2.45, 2.75) is 12.8 Å². The molecular formula is C24H22FN3O5. The molecule has 8 nitrogen and oxygen atoms in total. The molecular weight excluding hydrogens is 429 g/mol. The molecule has 0 bridgehead atoms. The van der Waals surface area contributed by atoms with Crippen molar-refractivity contribution in [2.75, 3.05) is 44.2 Å². The number of hydrogen-bond donors (Lipinski definition) is 0. The summed E-state index contributed by atoms with van der Waals surface area (Å²) in [5, 5.41) is 0.572. The Morgan fingerprint density at radius 3 is 2.70 bits per heavy atom. The maximum absolute atomic E-state index is 14.0. The molecule has 2 aromatic heterocycles. The van der Waals surface area contributed by atoms with Crippen molar-refractivity contribution in [2.24, 2.45) is 0 Å². The molecule has 1 fully saturated rings. The van der Waals surface area contributed by atoms with Crippen LogP contribution in [-0.4, -0.2) is 48.8 Å². The first-order valence-corrected chi connectivity index (χ1v) is 11.1. The van der Waals surface area contributed by atoms with E-state index in [1.54, 1.807) is 0 Å². The molecule has 6 rings (SSSR count). The van der Waals surface area contributed by atoms with Crippen molar-refractivity contribution in [3.63, 3.8) is 0 Å². The van der Waals surface area contributed by atoms with E-state index in [1.807, 2.05) is 0 Å². The van der Waals surface area contributed by atoms with Crippen LogP contribution < -0.4 is 20.9 Å². The molecule has 0 atom stereocenters. The summed E-state index contributed by atoms with van der Waals surface area (Å²) in [6.07, 6.45) is 1.48. The second-order valence-electron chi connectivity index (χ2n) is 8.45. The predicted molar refractivity (Wildman–Crippen MR) is 120 cm³/mol. The molecule has 170 valence electrons. The summed E-state index contributed by atoms with van der Waals surface area (Å²) in [5.74, 6) is 0.604. The minimum absolute atomic E-state index is 0.149. The van der Waals surface area contributed by atoms with Gasteiger partial charge < -0.3 is 18.6 Å². The van der Waals surface area contributed by atoms with Crippen molar-refractivity contribution >= 4 is 22.3 Å². The van der Waals surface area contributed by atoms with Crippen LogP contribution in [0.2, 0.25) is 0 Å². The fourth-order valence-corrected chi connectivity index (χ4v) is 4.89. The molecule has 0 aliphatic carbocycles. The van der Waals surface area contributed by atoms with Crippen molar-refractivity contribution in [1.29, 1.82) is 0 Å². The second-order valence-corrected chi connectivity index (χ2v) is 8.45. The fourth-order valence-electron chi connectivity index (χ4n) is 4.89. The van der Waals surface area contributed by atoms with Gasteiger partial charge in [0.2, 0.25) is 5.71 Å². The standard InChI is InChI=1S/C24H22FN3O5/c25-16-4-5-19-18(14-16)17(22-28(19)33-24(30)23(29)32-22)6-8-26-9-11-27(12-10-26)20-3-1-2-15-7-13-31-21(15)20/h1-5,14H,6-13H2. The molecule has 0 saturated carbocycles. The third kappa shape index (κ3) is 3.39. The van der Waals surface area contributed by atoms with E-state index in [9.17, 15) is 14.0 Å². The summed E-state index contributed by atoms with van der Waals surface area (Å²) in [6, 6.07) is 10.5. The first-order chi connectivity index (χ1) is 16.1. The molecule has 2 aliphatic heterocycles. The third-order valence-electron chi connectivity index (χ3n) is 6.56. The second kappa shape index (κ2) is 7.77. The van der Waals surface area contributed by atoms with Crippen LogP contribution >= 0.6 is 0 Å². The van der Waals surface area contributed by atoms with Gasteiger partial charge in [-0.2, -0.15) is 0 Å². The quantitative estimate of drug-likeness (QED) is 0.441. The molecule has 0 N–H and O–H groups in total. The Morgan fingerprint density at radius 1 is 1.00 bits per heavy atom. The van der Waals surface area contributed by atoms with Gasteiger partial charge in [-0.1, -0.05) is 12.1 Å². The zero-order chi connectivity index (χ0) is 22.5. The number of benzene rings is 2. The average Bonchev–Trinajstić information content (AvgIpc) is 3.41. The molecule has 0 amide bonds. The minimum Gasteiger partial charge on any atom is -0.491 e. The molecule has 0 unspecified atom stereocenters. The lowest BCUT2D eigenvalue weighted by atomic mass is 10.1. The van der Waals surface area contributed by atoms with Crippen LogP contribution in [0.4, 0.5) is 10.1 Å². The zero-order valence-corrected chi connectivity index (χ0v) is 17.9. The molecule has 1 saturated heterocycles. The Kier molecular flexibility index (Phi) is 4.72. The van der Waals surface area contributed by atoms with E-state index in [0.717, 1.165) is 50.6 Å². The highest BCUT2D eigenvalue weighted by atomic mass is 19.1. The summed E-state index contributed by atoms with van der Waals surface area (Å²) in [4.78, 5) is 28.2. The van der Waals surface area contributed by atoms with Crippen LogP contribution in [0.15, 0.2) is 54.9 Å². The van der Waals surface area contributed by atoms with Crippen LogP contribution in [-0.2, 0) is 12.8 Å². The summed E-state index contributed by atoms with van der Waals surface area (Å²) in [5.41, 5.74) is 1.55.